The largest absolute Gasteiger partial charge is 0.460 e. The van der Waals surface area contributed by atoms with Crippen molar-refractivity contribution in [2.24, 2.45) is 0 Å². The van der Waals surface area contributed by atoms with Gasteiger partial charge in [0.15, 0.2) is 0 Å². The van der Waals surface area contributed by atoms with Gasteiger partial charge in [-0.15, -0.1) is 0 Å². The van der Waals surface area contributed by atoms with Gasteiger partial charge in [-0.05, 0) is 6.42 Å². The van der Waals surface area contributed by atoms with Crippen LogP contribution in [0.5, 0.6) is 0 Å². The van der Waals surface area contributed by atoms with Gasteiger partial charge in [-0.25, -0.2) is 0 Å². The lowest BCUT2D eigenvalue weighted by Gasteiger charge is -2.39. The van der Waals surface area contributed by atoms with Crippen LogP contribution >= 0.6 is 0 Å². The smallest absolute Gasteiger partial charge is 0.394 e. The Morgan fingerprint density at radius 3 is 1.36 bits per heavy atom. The van der Waals surface area contributed by atoms with Crippen LogP contribution in [-0.4, -0.2) is 71.9 Å². The van der Waals surface area contributed by atoms with Gasteiger partial charge in [-0.2, -0.15) is 57.1 Å². The molecule has 0 saturated heterocycles. The van der Waals surface area contributed by atoms with Crippen molar-refractivity contribution >= 4 is 0 Å². The minimum absolute atomic E-state index is 0.875. The van der Waals surface area contributed by atoms with Crippen molar-refractivity contribution in [2.75, 3.05) is 19.8 Å². The normalized spacial score (nSPS) is 15.4. The van der Waals surface area contributed by atoms with Crippen LogP contribution in [0.15, 0.2) is 0 Å². The van der Waals surface area contributed by atoms with Crippen molar-refractivity contribution in [3.63, 3.8) is 0 Å². The monoisotopic (exact) mass is 452 g/mol. The molecule has 0 aromatic rings. The number of alkyl halides is 13. The van der Waals surface area contributed by atoms with Crippen molar-refractivity contribution in [1.82, 2.24) is 0 Å². The Hall–Kier alpha value is -1.03. The zero-order valence-electron chi connectivity index (χ0n) is 13.3. The van der Waals surface area contributed by atoms with Gasteiger partial charge in [-0.3, -0.25) is 0 Å². The zero-order chi connectivity index (χ0) is 22.8. The van der Waals surface area contributed by atoms with E-state index in [1.54, 1.807) is 0 Å². The number of aliphatic hydroxyl groups is 2. The average molecular weight is 452 g/mol. The van der Waals surface area contributed by atoms with Gasteiger partial charge < -0.3 is 14.9 Å². The molecular weight excluding hydrogens is 439 g/mol. The summed E-state index contributed by atoms with van der Waals surface area (Å²) in [7, 11) is 0. The van der Waals surface area contributed by atoms with E-state index in [0.717, 1.165) is 0 Å². The second-order valence-corrected chi connectivity index (χ2v) is 5.46. The van der Waals surface area contributed by atoms with Crippen molar-refractivity contribution < 1.29 is 72.0 Å². The molecule has 3 nitrogen and oxygen atoms in total. The highest BCUT2D eigenvalue weighted by Crippen LogP contribution is 2.60. The van der Waals surface area contributed by atoms with Crippen LogP contribution in [0.1, 0.15) is 12.8 Å². The lowest BCUT2D eigenvalue weighted by atomic mass is 9.92. The SMILES string of the molecule is OCC(CO)OCCCC(F)(F)C(F)(F)C(F)(F)C(F)(F)C(F)(F)C(F)(F)F. The molecule has 0 aliphatic rings. The maximum absolute atomic E-state index is 13.4. The van der Waals surface area contributed by atoms with Gasteiger partial charge in [0.25, 0.3) is 0 Å². The third-order valence-electron chi connectivity index (χ3n) is 3.39. The van der Waals surface area contributed by atoms with Crippen LogP contribution in [0, 0.1) is 0 Å². The Kier molecular flexibility index (Phi) is 8.07. The first-order valence-corrected chi connectivity index (χ1v) is 7.03. The number of hydrogen-bond acceptors (Lipinski definition) is 3. The minimum Gasteiger partial charge on any atom is -0.394 e. The molecule has 0 fully saturated rings. The molecule has 0 saturated carbocycles. The van der Waals surface area contributed by atoms with Gasteiger partial charge >= 0.3 is 35.8 Å². The first-order chi connectivity index (χ1) is 12.2. The van der Waals surface area contributed by atoms with Crippen molar-refractivity contribution in [3.8, 4) is 0 Å². The van der Waals surface area contributed by atoms with E-state index in [-0.39, 0.29) is 0 Å². The molecule has 0 bridgehead atoms. The topological polar surface area (TPSA) is 49.7 Å². The average Bonchev–Trinajstić information content (AvgIpc) is 2.53. The molecule has 0 spiro atoms. The van der Waals surface area contributed by atoms with Crippen molar-refractivity contribution in [2.45, 2.75) is 54.7 Å². The summed E-state index contributed by atoms with van der Waals surface area (Å²) in [5.41, 5.74) is 0. The standard InChI is InChI=1S/C12H13F13O3/c13-7(14,2-1-3-28-6(4-26)5-27)8(15,16)9(17,18)10(19,20)11(21,22)12(23,24)25/h6,26-27H,1-5H2. The van der Waals surface area contributed by atoms with Crippen LogP contribution in [-0.2, 0) is 4.74 Å². The highest BCUT2D eigenvalue weighted by atomic mass is 19.4. The van der Waals surface area contributed by atoms with Gasteiger partial charge in [0, 0.05) is 13.0 Å². The van der Waals surface area contributed by atoms with E-state index in [9.17, 15) is 57.1 Å². The van der Waals surface area contributed by atoms with Crippen molar-refractivity contribution in [1.29, 1.82) is 0 Å². The number of hydrogen-bond donors (Lipinski definition) is 2. The van der Waals surface area contributed by atoms with E-state index in [2.05, 4.69) is 4.74 Å². The molecule has 0 heterocycles. The highest BCUT2D eigenvalue weighted by molar-refractivity contribution is 5.10. The quantitative estimate of drug-likeness (QED) is 0.370. The van der Waals surface area contributed by atoms with E-state index in [4.69, 9.17) is 10.2 Å². The van der Waals surface area contributed by atoms with Crippen LogP contribution < -0.4 is 0 Å². The predicted octanol–water partition coefficient (Wildman–Crippen LogP) is 3.88. The Balaban J connectivity index is 5.56. The number of rotatable bonds is 11. The van der Waals surface area contributed by atoms with Crippen LogP contribution in [0.4, 0.5) is 57.1 Å². The number of halogens is 13. The summed E-state index contributed by atoms with van der Waals surface area (Å²) in [4.78, 5) is 0. The van der Waals surface area contributed by atoms with E-state index in [0.29, 0.717) is 0 Å². The second-order valence-electron chi connectivity index (χ2n) is 5.46. The lowest BCUT2D eigenvalue weighted by Crippen LogP contribution is -2.70. The molecule has 28 heavy (non-hydrogen) atoms. The highest BCUT2D eigenvalue weighted by Gasteiger charge is 2.90. The molecule has 0 radical (unpaired) electrons. The Morgan fingerprint density at radius 2 is 1.00 bits per heavy atom. The first-order valence-electron chi connectivity index (χ1n) is 7.03. The molecule has 0 unspecified atom stereocenters. The fourth-order valence-corrected chi connectivity index (χ4v) is 1.67. The summed E-state index contributed by atoms with van der Waals surface area (Å²) in [5, 5.41) is 17.1. The molecule has 16 heteroatoms. The Bertz CT molecular complexity index is 499. The van der Waals surface area contributed by atoms with Gasteiger partial charge in [0.2, 0.25) is 0 Å². The van der Waals surface area contributed by atoms with E-state index in [1.807, 2.05) is 0 Å². The van der Waals surface area contributed by atoms with Crippen LogP contribution in [0.25, 0.3) is 0 Å². The van der Waals surface area contributed by atoms with Crippen LogP contribution in [0.2, 0.25) is 0 Å². The molecular formula is C12H13F13O3. The van der Waals surface area contributed by atoms with Crippen LogP contribution in [0.3, 0.4) is 0 Å². The summed E-state index contributed by atoms with van der Waals surface area (Å²) >= 11 is 0. The zero-order valence-corrected chi connectivity index (χ0v) is 13.3. The predicted molar refractivity (Wildman–Crippen MR) is 63.9 cm³/mol. The fraction of sp³-hybridized carbons (Fsp3) is 1.00. The molecule has 0 aliphatic carbocycles. The summed E-state index contributed by atoms with van der Waals surface area (Å²) in [5.74, 6) is -36.9. The molecule has 0 amide bonds. The third-order valence-corrected chi connectivity index (χ3v) is 3.39. The van der Waals surface area contributed by atoms with E-state index >= 15 is 0 Å². The second kappa shape index (κ2) is 8.38. The minimum atomic E-state index is -7.92. The maximum Gasteiger partial charge on any atom is 0.460 e. The number of ether oxygens (including phenoxy) is 1. The molecule has 0 rings (SSSR count). The molecule has 0 aromatic carbocycles. The summed E-state index contributed by atoms with van der Waals surface area (Å²) < 4.78 is 171. The van der Waals surface area contributed by atoms with Gasteiger partial charge in [0.05, 0.1) is 13.2 Å². The summed E-state index contributed by atoms with van der Waals surface area (Å²) in [6, 6.07) is 0. The Morgan fingerprint density at radius 1 is 0.607 bits per heavy atom. The fourth-order valence-electron chi connectivity index (χ4n) is 1.67. The molecule has 170 valence electrons. The molecule has 0 aliphatic heterocycles. The van der Waals surface area contributed by atoms with E-state index < -0.39 is 74.6 Å². The lowest BCUT2D eigenvalue weighted by molar-refractivity contribution is -0.440. The summed E-state index contributed by atoms with van der Waals surface area (Å²) in [6.07, 6.45) is -12.5. The summed E-state index contributed by atoms with van der Waals surface area (Å²) in [6.45, 7) is -2.75. The first kappa shape index (κ1) is 27.0. The van der Waals surface area contributed by atoms with Gasteiger partial charge in [0.1, 0.15) is 6.10 Å². The van der Waals surface area contributed by atoms with Gasteiger partial charge in [-0.1, -0.05) is 0 Å². The number of aliphatic hydroxyl groups excluding tert-OH is 2. The van der Waals surface area contributed by atoms with E-state index in [1.165, 1.54) is 0 Å². The molecule has 2 N–H and O–H groups in total. The molecule has 0 aromatic heterocycles. The maximum atomic E-state index is 13.4. The van der Waals surface area contributed by atoms with Crippen molar-refractivity contribution in [3.05, 3.63) is 0 Å². The molecule has 0 atom stereocenters. The third kappa shape index (κ3) is 4.58. The Labute approximate surface area is 148 Å².